The third-order valence-corrected chi connectivity index (χ3v) is 5.23. The molecule has 0 radical (unpaired) electrons. The highest BCUT2D eigenvalue weighted by Gasteiger charge is 2.49. The number of nitrogens with zero attached hydrogens (tertiary/aromatic N) is 3. The molecule has 1 unspecified atom stereocenters. The molecule has 2 amide bonds. The predicted molar refractivity (Wildman–Crippen MR) is 83.8 cm³/mol. The highest BCUT2D eigenvalue weighted by molar-refractivity contribution is 5.96. The maximum atomic E-state index is 12.5. The molecule has 6 heteroatoms. The zero-order valence-corrected chi connectivity index (χ0v) is 13.1. The Morgan fingerprint density at radius 2 is 2.30 bits per heavy atom. The highest BCUT2D eigenvalue weighted by Crippen LogP contribution is 2.42. The fourth-order valence-electron chi connectivity index (χ4n) is 4.02. The van der Waals surface area contributed by atoms with E-state index in [1.54, 1.807) is 12.4 Å². The van der Waals surface area contributed by atoms with Crippen molar-refractivity contribution in [2.24, 2.45) is 5.41 Å². The summed E-state index contributed by atoms with van der Waals surface area (Å²) in [5.41, 5.74) is 0.736. The first-order valence-electron chi connectivity index (χ1n) is 8.28. The second kappa shape index (κ2) is 5.60. The SMILES string of the molecule is O=C([C@@H]1CCCO1)N1CCC2(CC(=O)N(c3cccnc3)C2)C1. The van der Waals surface area contributed by atoms with Gasteiger partial charge in [0, 0.05) is 44.3 Å². The van der Waals surface area contributed by atoms with Crippen LogP contribution in [0.3, 0.4) is 0 Å². The van der Waals surface area contributed by atoms with Crippen LogP contribution in [0, 0.1) is 5.41 Å². The quantitative estimate of drug-likeness (QED) is 0.823. The molecule has 23 heavy (non-hydrogen) atoms. The summed E-state index contributed by atoms with van der Waals surface area (Å²) < 4.78 is 5.51. The Balaban J connectivity index is 1.46. The van der Waals surface area contributed by atoms with E-state index in [2.05, 4.69) is 4.98 Å². The van der Waals surface area contributed by atoms with Crippen LogP contribution in [0.15, 0.2) is 24.5 Å². The minimum absolute atomic E-state index is 0.103. The molecule has 4 rings (SSSR count). The van der Waals surface area contributed by atoms with Gasteiger partial charge in [-0.15, -0.1) is 0 Å². The number of ether oxygens (including phenoxy) is 1. The van der Waals surface area contributed by atoms with Gasteiger partial charge in [0.25, 0.3) is 5.91 Å². The van der Waals surface area contributed by atoms with Gasteiger partial charge >= 0.3 is 0 Å². The second-order valence-electron chi connectivity index (χ2n) is 6.88. The molecule has 0 aliphatic carbocycles. The molecule has 4 heterocycles. The van der Waals surface area contributed by atoms with Gasteiger partial charge in [0.05, 0.1) is 11.9 Å². The number of carbonyl (C=O) groups is 2. The first-order chi connectivity index (χ1) is 11.2. The Hall–Kier alpha value is -1.95. The van der Waals surface area contributed by atoms with Crippen molar-refractivity contribution in [2.45, 2.75) is 31.8 Å². The van der Waals surface area contributed by atoms with E-state index in [4.69, 9.17) is 4.74 Å². The van der Waals surface area contributed by atoms with Gasteiger partial charge < -0.3 is 14.5 Å². The Kier molecular flexibility index (Phi) is 3.56. The van der Waals surface area contributed by atoms with Crippen molar-refractivity contribution in [1.29, 1.82) is 0 Å². The predicted octanol–water partition coefficient (Wildman–Crippen LogP) is 1.22. The first-order valence-corrected chi connectivity index (χ1v) is 8.28. The van der Waals surface area contributed by atoms with Crippen molar-refractivity contribution in [2.75, 3.05) is 31.1 Å². The van der Waals surface area contributed by atoms with E-state index in [-0.39, 0.29) is 23.3 Å². The number of carbonyl (C=O) groups excluding carboxylic acids is 2. The van der Waals surface area contributed by atoms with Crippen molar-refractivity contribution >= 4 is 17.5 Å². The lowest BCUT2D eigenvalue weighted by molar-refractivity contribution is -0.140. The molecule has 6 nitrogen and oxygen atoms in total. The Morgan fingerprint density at radius 3 is 3.04 bits per heavy atom. The summed E-state index contributed by atoms with van der Waals surface area (Å²) in [6.45, 7) is 2.75. The van der Waals surface area contributed by atoms with Crippen LogP contribution in [-0.2, 0) is 14.3 Å². The highest BCUT2D eigenvalue weighted by atomic mass is 16.5. The fraction of sp³-hybridized carbons (Fsp3) is 0.588. The molecular formula is C17H21N3O3. The number of hydrogen-bond acceptors (Lipinski definition) is 4. The van der Waals surface area contributed by atoms with Crippen LogP contribution in [0.5, 0.6) is 0 Å². The van der Waals surface area contributed by atoms with Gasteiger partial charge in [-0.25, -0.2) is 0 Å². The van der Waals surface area contributed by atoms with Crippen LogP contribution < -0.4 is 4.90 Å². The molecule has 3 aliphatic rings. The number of likely N-dealkylation sites (tertiary alicyclic amines) is 1. The molecule has 3 aliphatic heterocycles. The Labute approximate surface area is 135 Å². The number of rotatable bonds is 2. The lowest BCUT2D eigenvalue weighted by atomic mass is 9.86. The van der Waals surface area contributed by atoms with E-state index < -0.39 is 0 Å². The standard InChI is InChI=1S/C17H21N3O3/c21-15-9-17(12-20(15)13-3-1-6-18-10-13)5-7-19(11-17)16(22)14-4-2-8-23-14/h1,3,6,10,14H,2,4-5,7-9,11-12H2/t14-,17?/m0/s1. The average Bonchev–Trinajstić information content (AvgIpc) is 3.29. The van der Waals surface area contributed by atoms with E-state index in [0.717, 1.165) is 31.5 Å². The molecule has 1 spiro atoms. The molecule has 1 aromatic heterocycles. The van der Waals surface area contributed by atoms with Crippen LogP contribution in [0.25, 0.3) is 0 Å². The molecule has 1 aromatic rings. The lowest BCUT2D eigenvalue weighted by Gasteiger charge is -2.25. The topological polar surface area (TPSA) is 62.7 Å². The van der Waals surface area contributed by atoms with Crippen molar-refractivity contribution in [3.05, 3.63) is 24.5 Å². The summed E-state index contributed by atoms with van der Waals surface area (Å²) in [7, 11) is 0. The molecule has 2 atom stereocenters. The largest absolute Gasteiger partial charge is 0.368 e. The maximum Gasteiger partial charge on any atom is 0.251 e. The summed E-state index contributed by atoms with van der Waals surface area (Å²) in [5.74, 6) is 0.232. The van der Waals surface area contributed by atoms with Gasteiger partial charge in [-0.05, 0) is 31.4 Å². The number of pyridine rings is 1. The van der Waals surface area contributed by atoms with Crippen molar-refractivity contribution in [3.8, 4) is 0 Å². The van der Waals surface area contributed by atoms with Crippen LogP contribution in [-0.4, -0.2) is 54.0 Å². The van der Waals surface area contributed by atoms with Crippen LogP contribution in [0.1, 0.15) is 25.7 Å². The zero-order valence-electron chi connectivity index (χ0n) is 13.1. The summed E-state index contributed by atoms with van der Waals surface area (Å²) in [5, 5.41) is 0. The normalized spacial score (nSPS) is 30.6. The van der Waals surface area contributed by atoms with Gasteiger partial charge in [-0.2, -0.15) is 0 Å². The van der Waals surface area contributed by atoms with E-state index >= 15 is 0 Å². The third-order valence-electron chi connectivity index (χ3n) is 5.23. The van der Waals surface area contributed by atoms with Gasteiger partial charge in [-0.3, -0.25) is 14.6 Å². The average molecular weight is 315 g/mol. The Morgan fingerprint density at radius 1 is 1.39 bits per heavy atom. The minimum atomic E-state index is -0.267. The second-order valence-corrected chi connectivity index (χ2v) is 6.88. The smallest absolute Gasteiger partial charge is 0.251 e. The minimum Gasteiger partial charge on any atom is -0.368 e. The molecule has 0 N–H and O–H groups in total. The molecule has 3 fully saturated rings. The van der Waals surface area contributed by atoms with Crippen molar-refractivity contribution < 1.29 is 14.3 Å². The molecule has 0 bridgehead atoms. The van der Waals surface area contributed by atoms with Crippen molar-refractivity contribution in [3.63, 3.8) is 0 Å². The van der Waals surface area contributed by atoms with E-state index in [1.807, 2.05) is 21.9 Å². The molecule has 122 valence electrons. The van der Waals surface area contributed by atoms with Crippen LogP contribution >= 0.6 is 0 Å². The number of amides is 2. The van der Waals surface area contributed by atoms with E-state index in [0.29, 0.717) is 26.1 Å². The molecule has 0 aromatic carbocycles. The molecule has 3 saturated heterocycles. The van der Waals surface area contributed by atoms with Crippen LogP contribution in [0.4, 0.5) is 5.69 Å². The summed E-state index contributed by atoms with van der Waals surface area (Å²) in [4.78, 5) is 32.8. The lowest BCUT2D eigenvalue weighted by Crippen LogP contribution is -2.39. The number of anilines is 1. The maximum absolute atomic E-state index is 12.5. The molecular weight excluding hydrogens is 294 g/mol. The first kappa shape index (κ1) is 14.6. The van der Waals surface area contributed by atoms with Crippen LogP contribution in [0.2, 0.25) is 0 Å². The van der Waals surface area contributed by atoms with Gasteiger partial charge in [0.15, 0.2) is 0 Å². The fourth-order valence-corrected chi connectivity index (χ4v) is 4.02. The van der Waals surface area contributed by atoms with E-state index in [9.17, 15) is 9.59 Å². The number of aromatic nitrogens is 1. The summed E-state index contributed by atoms with van der Waals surface area (Å²) >= 11 is 0. The van der Waals surface area contributed by atoms with E-state index in [1.165, 1.54) is 0 Å². The third kappa shape index (κ3) is 2.61. The molecule has 0 saturated carbocycles. The Bertz CT molecular complexity index is 615. The van der Waals surface area contributed by atoms with Gasteiger partial charge in [0.2, 0.25) is 5.91 Å². The summed E-state index contributed by atoms with van der Waals surface area (Å²) in [6.07, 6.45) is 6.34. The zero-order chi connectivity index (χ0) is 15.9. The monoisotopic (exact) mass is 315 g/mol. The summed E-state index contributed by atoms with van der Waals surface area (Å²) in [6, 6.07) is 3.75. The number of hydrogen-bond donors (Lipinski definition) is 0. The van der Waals surface area contributed by atoms with Gasteiger partial charge in [0.1, 0.15) is 6.10 Å². The van der Waals surface area contributed by atoms with Gasteiger partial charge in [-0.1, -0.05) is 0 Å². The van der Waals surface area contributed by atoms with Crippen molar-refractivity contribution in [1.82, 2.24) is 9.88 Å².